The van der Waals surface area contributed by atoms with Crippen molar-refractivity contribution >= 4 is 26.6 Å². The van der Waals surface area contributed by atoms with Crippen LogP contribution in [0.25, 0.3) is 33.5 Å². The van der Waals surface area contributed by atoms with E-state index in [1.807, 2.05) is 13.0 Å². The van der Waals surface area contributed by atoms with Crippen LogP contribution in [0, 0.1) is 5.82 Å². The summed E-state index contributed by atoms with van der Waals surface area (Å²) < 4.78 is 38.7. The summed E-state index contributed by atoms with van der Waals surface area (Å²) >= 11 is 0. The molecule has 9 heteroatoms. The number of halogens is 1. The second kappa shape index (κ2) is 7.64. The fourth-order valence-electron chi connectivity index (χ4n) is 4.37. The number of para-hydroxylation sites is 1. The third-order valence-electron chi connectivity index (χ3n) is 6.03. The van der Waals surface area contributed by atoms with Crippen LogP contribution in [0.15, 0.2) is 59.8 Å². The minimum absolute atomic E-state index is 0.229. The molecule has 5 rings (SSSR count). The molecule has 0 amide bonds. The van der Waals surface area contributed by atoms with Crippen LogP contribution in [0.1, 0.15) is 13.3 Å². The van der Waals surface area contributed by atoms with Crippen molar-refractivity contribution < 1.29 is 12.8 Å². The highest BCUT2D eigenvalue weighted by molar-refractivity contribution is 7.90. The van der Waals surface area contributed by atoms with Gasteiger partial charge in [-0.2, -0.15) is 0 Å². The lowest BCUT2D eigenvalue weighted by Gasteiger charge is -2.26. The number of nitrogens with two attached hydrogens (primary N) is 1. The number of H-pyrrole nitrogens is 1. The standard InChI is InChI=1S/C24H24FN5O2S/c1-24(26)9-10-30(14-24)22-17(15-5-3-6-16(11-15)33(2,31)32)12-27-13-18(22)23-28-20-8-4-7-19(25)21(20)29-23/h3-8,11-13H,9-10,14,26H2,1-2H3,(H,28,29). The van der Waals surface area contributed by atoms with Crippen molar-refractivity contribution in [1.29, 1.82) is 0 Å². The van der Waals surface area contributed by atoms with Gasteiger partial charge in [0.25, 0.3) is 0 Å². The molecule has 0 bridgehead atoms. The van der Waals surface area contributed by atoms with E-state index in [-0.39, 0.29) is 16.0 Å². The van der Waals surface area contributed by atoms with Crippen LogP contribution in [-0.2, 0) is 9.84 Å². The van der Waals surface area contributed by atoms with Crippen molar-refractivity contribution in [1.82, 2.24) is 15.0 Å². The Bertz CT molecular complexity index is 1480. The van der Waals surface area contributed by atoms with Crippen molar-refractivity contribution in [3.8, 4) is 22.5 Å². The van der Waals surface area contributed by atoms with Gasteiger partial charge < -0.3 is 15.6 Å². The van der Waals surface area contributed by atoms with E-state index in [2.05, 4.69) is 19.9 Å². The molecule has 0 aliphatic carbocycles. The molecule has 1 saturated heterocycles. The third-order valence-corrected chi connectivity index (χ3v) is 7.14. The molecule has 1 aliphatic heterocycles. The number of rotatable bonds is 4. The Labute approximate surface area is 191 Å². The van der Waals surface area contributed by atoms with Crippen LogP contribution in [0.3, 0.4) is 0 Å². The highest BCUT2D eigenvalue weighted by Gasteiger charge is 2.33. The monoisotopic (exact) mass is 465 g/mol. The number of pyridine rings is 1. The van der Waals surface area contributed by atoms with Crippen LogP contribution in [0.5, 0.6) is 0 Å². The van der Waals surface area contributed by atoms with Gasteiger partial charge in [0.1, 0.15) is 11.3 Å². The van der Waals surface area contributed by atoms with Crippen molar-refractivity contribution in [3.05, 3.63) is 60.7 Å². The lowest BCUT2D eigenvalue weighted by Crippen LogP contribution is -2.39. The zero-order valence-electron chi connectivity index (χ0n) is 18.3. The van der Waals surface area contributed by atoms with E-state index >= 15 is 0 Å². The smallest absolute Gasteiger partial charge is 0.175 e. The summed E-state index contributed by atoms with van der Waals surface area (Å²) in [5, 5.41) is 0. The van der Waals surface area contributed by atoms with E-state index in [0.29, 0.717) is 23.4 Å². The van der Waals surface area contributed by atoms with Gasteiger partial charge in [0.2, 0.25) is 0 Å². The van der Waals surface area contributed by atoms with Crippen molar-refractivity contribution in [2.45, 2.75) is 23.8 Å². The normalized spacial score (nSPS) is 18.8. The highest BCUT2D eigenvalue weighted by Crippen LogP contribution is 2.41. The van der Waals surface area contributed by atoms with Gasteiger partial charge in [-0.05, 0) is 43.2 Å². The fraction of sp³-hybridized carbons (Fsp3) is 0.250. The molecular weight excluding hydrogens is 441 g/mol. The average molecular weight is 466 g/mol. The Balaban J connectivity index is 1.75. The van der Waals surface area contributed by atoms with E-state index < -0.39 is 15.7 Å². The molecule has 7 nitrogen and oxygen atoms in total. The molecule has 3 N–H and O–H groups in total. The van der Waals surface area contributed by atoms with Gasteiger partial charge in [0.15, 0.2) is 15.7 Å². The molecule has 1 fully saturated rings. The number of aromatic amines is 1. The molecule has 1 aliphatic rings. The third kappa shape index (κ3) is 3.98. The summed E-state index contributed by atoms with van der Waals surface area (Å²) in [4.78, 5) is 14.6. The Morgan fingerprint density at radius 2 is 1.91 bits per heavy atom. The molecule has 0 radical (unpaired) electrons. The average Bonchev–Trinajstić information content (AvgIpc) is 3.36. The van der Waals surface area contributed by atoms with Gasteiger partial charge in [0.05, 0.1) is 21.7 Å². The minimum atomic E-state index is -3.38. The number of nitrogens with zero attached hydrogens (tertiary/aromatic N) is 3. The molecule has 0 saturated carbocycles. The SMILES string of the molecule is CC1(N)CCN(c2c(-c3cccc(S(C)(=O)=O)c3)cncc2-c2nc3c(F)cccc3[nH]2)C1. The first kappa shape index (κ1) is 21.5. The molecule has 170 valence electrons. The quantitative estimate of drug-likeness (QED) is 0.475. The highest BCUT2D eigenvalue weighted by atomic mass is 32.2. The van der Waals surface area contributed by atoms with Gasteiger partial charge in [0, 0.05) is 42.8 Å². The molecule has 4 aromatic rings. The summed E-state index contributed by atoms with van der Waals surface area (Å²) in [5.41, 5.74) is 9.93. The fourth-order valence-corrected chi connectivity index (χ4v) is 5.04. The molecule has 2 aromatic heterocycles. The van der Waals surface area contributed by atoms with Gasteiger partial charge >= 0.3 is 0 Å². The number of hydrogen-bond donors (Lipinski definition) is 2. The van der Waals surface area contributed by atoms with Crippen molar-refractivity contribution in [3.63, 3.8) is 0 Å². The van der Waals surface area contributed by atoms with Crippen LogP contribution in [-0.4, -0.2) is 48.3 Å². The number of benzene rings is 2. The number of hydrogen-bond acceptors (Lipinski definition) is 6. The van der Waals surface area contributed by atoms with Gasteiger partial charge in [-0.15, -0.1) is 0 Å². The molecule has 3 heterocycles. The number of aromatic nitrogens is 3. The first-order chi connectivity index (χ1) is 15.6. The van der Waals surface area contributed by atoms with Gasteiger partial charge in [-0.3, -0.25) is 4.98 Å². The number of fused-ring (bicyclic) bond motifs is 1. The van der Waals surface area contributed by atoms with Crippen molar-refractivity contribution in [2.24, 2.45) is 5.73 Å². The second-order valence-electron chi connectivity index (χ2n) is 8.93. The number of nitrogens with one attached hydrogen (secondary N) is 1. The van der Waals surface area contributed by atoms with Crippen LogP contribution >= 0.6 is 0 Å². The first-order valence-corrected chi connectivity index (χ1v) is 12.5. The molecule has 2 aromatic carbocycles. The topological polar surface area (TPSA) is 105 Å². The van der Waals surface area contributed by atoms with Gasteiger partial charge in [-0.25, -0.2) is 17.8 Å². The summed E-state index contributed by atoms with van der Waals surface area (Å²) in [7, 11) is -3.38. The Morgan fingerprint density at radius 3 is 2.61 bits per heavy atom. The van der Waals surface area contributed by atoms with E-state index in [9.17, 15) is 12.8 Å². The van der Waals surface area contributed by atoms with Crippen molar-refractivity contribution in [2.75, 3.05) is 24.2 Å². The Hall–Kier alpha value is -3.30. The zero-order chi connectivity index (χ0) is 23.4. The largest absolute Gasteiger partial charge is 0.368 e. The summed E-state index contributed by atoms with van der Waals surface area (Å²) in [6, 6.07) is 11.6. The molecule has 1 atom stereocenters. The van der Waals surface area contributed by atoms with Crippen LogP contribution in [0.4, 0.5) is 10.1 Å². The predicted molar refractivity (Wildman–Crippen MR) is 127 cm³/mol. The molecule has 33 heavy (non-hydrogen) atoms. The van der Waals surface area contributed by atoms with E-state index in [0.717, 1.165) is 29.8 Å². The maximum absolute atomic E-state index is 14.3. The summed E-state index contributed by atoms with van der Waals surface area (Å²) in [5.74, 6) is 0.0848. The lowest BCUT2D eigenvalue weighted by molar-refractivity contribution is 0.525. The first-order valence-electron chi connectivity index (χ1n) is 10.6. The molecule has 0 spiro atoms. The predicted octanol–water partition coefficient (Wildman–Crippen LogP) is 3.76. The molecule has 1 unspecified atom stereocenters. The maximum Gasteiger partial charge on any atom is 0.175 e. The maximum atomic E-state index is 14.3. The zero-order valence-corrected chi connectivity index (χ0v) is 19.2. The number of sulfone groups is 1. The number of anilines is 1. The number of imidazole rings is 1. The molecular formula is C24H24FN5O2S. The summed E-state index contributed by atoms with van der Waals surface area (Å²) in [6.07, 6.45) is 5.40. The Kier molecular flexibility index (Phi) is 4.98. The van der Waals surface area contributed by atoms with Crippen LogP contribution < -0.4 is 10.6 Å². The van der Waals surface area contributed by atoms with Crippen LogP contribution in [0.2, 0.25) is 0 Å². The Morgan fingerprint density at radius 1 is 1.15 bits per heavy atom. The summed E-state index contributed by atoms with van der Waals surface area (Å²) in [6.45, 7) is 3.34. The van der Waals surface area contributed by atoms with E-state index in [1.54, 1.807) is 42.7 Å². The van der Waals surface area contributed by atoms with Gasteiger partial charge in [-0.1, -0.05) is 18.2 Å². The van der Waals surface area contributed by atoms with E-state index in [4.69, 9.17) is 5.73 Å². The lowest BCUT2D eigenvalue weighted by atomic mass is 10.0. The van der Waals surface area contributed by atoms with E-state index in [1.165, 1.54) is 12.3 Å². The minimum Gasteiger partial charge on any atom is -0.368 e. The second-order valence-corrected chi connectivity index (χ2v) is 10.9.